The molecule has 0 saturated heterocycles. The van der Waals surface area contributed by atoms with E-state index in [1.165, 1.54) is 22.0 Å². The molecule has 88 valence electrons. The quantitative estimate of drug-likeness (QED) is 0.661. The van der Waals surface area contributed by atoms with Crippen LogP contribution in [0.2, 0.25) is 0 Å². The van der Waals surface area contributed by atoms with Crippen molar-refractivity contribution < 1.29 is 4.79 Å². The molecule has 0 aliphatic heterocycles. The van der Waals surface area contributed by atoms with E-state index in [0.29, 0.717) is 11.5 Å². The molecule has 0 unspecified atom stereocenters. The predicted molar refractivity (Wildman–Crippen MR) is 71.7 cm³/mol. The highest BCUT2D eigenvalue weighted by Crippen LogP contribution is 2.24. The second-order valence-corrected chi connectivity index (χ2v) is 4.39. The average Bonchev–Trinajstić information content (AvgIpc) is 3.04. The summed E-state index contributed by atoms with van der Waals surface area (Å²) >= 11 is 1.47. The standard InChI is InChI=1S/C13H9N3OS/c1-2-12(17)16-11-6-4-3-5-9(11)15-13(16)10-7-18-8-14-10/h2-8H,1H2. The van der Waals surface area contributed by atoms with Gasteiger partial charge in [0.25, 0.3) is 5.91 Å². The molecule has 5 heteroatoms. The third-order valence-electron chi connectivity index (χ3n) is 2.62. The highest BCUT2D eigenvalue weighted by Gasteiger charge is 2.16. The molecule has 0 bridgehead atoms. The first-order valence-electron chi connectivity index (χ1n) is 5.34. The Labute approximate surface area is 107 Å². The van der Waals surface area contributed by atoms with Gasteiger partial charge in [-0.1, -0.05) is 18.7 Å². The lowest BCUT2D eigenvalue weighted by molar-refractivity contribution is 0.0975. The molecule has 3 aromatic rings. The van der Waals surface area contributed by atoms with E-state index in [-0.39, 0.29) is 5.91 Å². The second kappa shape index (κ2) is 4.19. The Morgan fingerprint density at radius 3 is 2.94 bits per heavy atom. The van der Waals surface area contributed by atoms with Crippen LogP contribution in [-0.2, 0) is 0 Å². The Kier molecular flexibility index (Phi) is 2.53. The van der Waals surface area contributed by atoms with Crippen LogP contribution in [0.25, 0.3) is 22.6 Å². The summed E-state index contributed by atoms with van der Waals surface area (Å²) in [5, 5.41) is 1.87. The number of benzene rings is 1. The van der Waals surface area contributed by atoms with Crippen LogP contribution in [-0.4, -0.2) is 20.4 Å². The maximum absolute atomic E-state index is 12.0. The molecule has 0 spiro atoms. The molecule has 0 radical (unpaired) electrons. The molecule has 0 fully saturated rings. The number of hydrogen-bond acceptors (Lipinski definition) is 4. The van der Waals surface area contributed by atoms with Crippen LogP contribution < -0.4 is 0 Å². The van der Waals surface area contributed by atoms with Gasteiger partial charge in [0, 0.05) is 5.38 Å². The number of aromatic nitrogens is 3. The van der Waals surface area contributed by atoms with Gasteiger partial charge in [0.15, 0.2) is 5.82 Å². The van der Waals surface area contributed by atoms with Crippen molar-refractivity contribution in [3.63, 3.8) is 0 Å². The molecule has 1 aromatic carbocycles. The van der Waals surface area contributed by atoms with Gasteiger partial charge in [-0.3, -0.25) is 9.36 Å². The van der Waals surface area contributed by atoms with Crippen LogP contribution in [0.1, 0.15) is 4.79 Å². The summed E-state index contributed by atoms with van der Waals surface area (Å²) in [6.45, 7) is 3.53. The van der Waals surface area contributed by atoms with Crippen molar-refractivity contribution in [2.24, 2.45) is 0 Å². The van der Waals surface area contributed by atoms with Gasteiger partial charge in [0.2, 0.25) is 0 Å². The van der Waals surface area contributed by atoms with Crippen LogP contribution >= 0.6 is 11.3 Å². The summed E-state index contributed by atoms with van der Waals surface area (Å²) in [7, 11) is 0. The van der Waals surface area contributed by atoms with E-state index in [2.05, 4.69) is 16.5 Å². The number of carbonyl (C=O) groups excluding carboxylic acids is 1. The molecule has 4 nitrogen and oxygen atoms in total. The van der Waals surface area contributed by atoms with Gasteiger partial charge in [-0.25, -0.2) is 9.97 Å². The third kappa shape index (κ3) is 1.56. The van der Waals surface area contributed by atoms with Gasteiger partial charge in [-0.05, 0) is 18.2 Å². The Bertz CT molecular complexity index is 728. The zero-order chi connectivity index (χ0) is 12.5. The zero-order valence-corrected chi connectivity index (χ0v) is 10.2. The highest BCUT2D eigenvalue weighted by molar-refractivity contribution is 7.07. The number of rotatable bonds is 2. The summed E-state index contributed by atoms with van der Waals surface area (Å²) in [4.78, 5) is 20.7. The Morgan fingerprint density at radius 1 is 1.39 bits per heavy atom. The summed E-state index contributed by atoms with van der Waals surface area (Å²) in [5.41, 5.74) is 3.96. The minimum absolute atomic E-state index is 0.202. The molecular weight excluding hydrogens is 246 g/mol. The number of fused-ring (bicyclic) bond motifs is 1. The fourth-order valence-corrected chi connectivity index (χ4v) is 2.37. The molecule has 0 saturated carbocycles. The van der Waals surface area contributed by atoms with Crippen molar-refractivity contribution in [3.8, 4) is 11.5 Å². The summed E-state index contributed by atoms with van der Waals surface area (Å²) in [5.74, 6) is 0.356. The number of nitrogens with zero attached hydrogens (tertiary/aromatic N) is 3. The number of imidazole rings is 1. The van der Waals surface area contributed by atoms with E-state index in [0.717, 1.165) is 11.0 Å². The average molecular weight is 255 g/mol. The lowest BCUT2D eigenvalue weighted by atomic mass is 10.3. The largest absolute Gasteiger partial charge is 0.269 e. The van der Waals surface area contributed by atoms with E-state index in [1.54, 1.807) is 5.51 Å². The van der Waals surface area contributed by atoms with E-state index >= 15 is 0 Å². The Morgan fingerprint density at radius 2 is 2.22 bits per heavy atom. The fourth-order valence-electron chi connectivity index (χ4n) is 1.84. The first kappa shape index (κ1) is 10.9. The van der Waals surface area contributed by atoms with Gasteiger partial charge in [0.05, 0.1) is 16.5 Å². The van der Waals surface area contributed by atoms with Crippen LogP contribution in [0, 0.1) is 0 Å². The zero-order valence-electron chi connectivity index (χ0n) is 9.41. The third-order valence-corrected chi connectivity index (χ3v) is 3.20. The second-order valence-electron chi connectivity index (χ2n) is 3.68. The van der Waals surface area contributed by atoms with Crippen molar-refractivity contribution in [2.45, 2.75) is 0 Å². The van der Waals surface area contributed by atoms with Gasteiger partial charge >= 0.3 is 0 Å². The van der Waals surface area contributed by atoms with Crippen molar-refractivity contribution in [3.05, 3.63) is 47.8 Å². The fraction of sp³-hybridized carbons (Fsp3) is 0. The molecule has 3 rings (SSSR count). The first-order chi connectivity index (χ1) is 8.81. The predicted octanol–water partition coefficient (Wildman–Crippen LogP) is 2.99. The normalized spacial score (nSPS) is 10.7. The van der Waals surface area contributed by atoms with Gasteiger partial charge < -0.3 is 0 Å². The molecule has 2 aromatic heterocycles. The number of carbonyl (C=O) groups is 1. The summed E-state index contributed by atoms with van der Waals surface area (Å²) < 4.78 is 1.54. The summed E-state index contributed by atoms with van der Waals surface area (Å²) in [6, 6.07) is 7.50. The maximum atomic E-state index is 12.0. The molecule has 0 amide bonds. The number of hydrogen-bond donors (Lipinski definition) is 0. The molecule has 0 atom stereocenters. The van der Waals surface area contributed by atoms with E-state index in [4.69, 9.17) is 0 Å². The number of allylic oxidation sites excluding steroid dienone is 1. The van der Waals surface area contributed by atoms with E-state index in [1.807, 2.05) is 29.6 Å². The topological polar surface area (TPSA) is 47.8 Å². The smallest absolute Gasteiger partial charge is 0.256 e. The van der Waals surface area contributed by atoms with Crippen LogP contribution in [0.15, 0.2) is 47.8 Å². The number of thiazole rings is 1. The molecule has 0 aliphatic rings. The molecule has 18 heavy (non-hydrogen) atoms. The maximum Gasteiger partial charge on any atom is 0.256 e. The lowest BCUT2D eigenvalue weighted by Gasteiger charge is -2.02. The van der Waals surface area contributed by atoms with Crippen LogP contribution in [0.5, 0.6) is 0 Å². The molecule has 2 heterocycles. The van der Waals surface area contributed by atoms with Crippen molar-refractivity contribution in [1.29, 1.82) is 0 Å². The lowest BCUT2D eigenvalue weighted by Crippen LogP contribution is -2.08. The Hall–Kier alpha value is -2.27. The molecule has 0 N–H and O–H groups in total. The van der Waals surface area contributed by atoms with Gasteiger partial charge in [0.1, 0.15) is 5.69 Å². The van der Waals surface area contributed by atoms with Gasteiger partial charge in [-0.15, -0.1) is 11.3 Å². The first-order valence-corrected chi connectivity index (χ1v) is 6.28. The number of para-hydroxylation sites is 2. The van der Waals surface area contributed by atoms with Crippen molar-refractivity contribution >= 4 is 28.3 Å². The summed E-state index contributed by atoms with van der Waals surface area (Å²) in [6.07, 6.45) is 1.28. The molecular formula is C13H9N3OS. The monoisotopic (exact) mass is 255 g/mol. The minimum Gasteiger partial charge on any atom is -0.269 e. The minimum atomic E-state index is -0.202. The van der Waals surface area contributed by atoms with Crippen molar-refractivity contribution in [2.75, 3.05) is 0 Å². The van der Waals surface area contributed by atoms with Crippen molar-refractivity contribution in [1.82, 2.24) is 14.5 Å². The van der Waals surface area contributed by atoms with Crippen LogP contribution in [0.3, 0.4) is 0 Å². The Balaban J connectivity index is 2.37. The van der Waals surface area contributed by atoms with E-state index < -0.39 is 0 Å². The van der Waals surface area contributed by atoms with E-state index in [9.17, 15) is 4.79 Å². The molecule has 0 aliphatic carbocycles. The van der Waals surface area contributed by atoms with Gasteiger partial charge in [-0.2, -0.15) is 0 Å². The highest BCUT2D eigenvalue weighted by atomic mass is 32.1. The SMILES string of the molecule is C=CC(=O)n1c(-c2cscn2)nc2ccccc21. The van der Waals surface area contributed by atoms with Crippen LogP contribution in [0.4, 0.5) is 0 Å².